The zero-order chi connectivity index (χ0) is 18.5. The fraction of sp³-hybridized carbons (Fsp3) is 0.500. The molecule has 2 aromatic rings. The summed E-state index contributed by atoms with van der Waals surface area (Å²) in [5.74, 6) is 0.961. The highest BCUT2D eigenvalue weighted by molar-refractivity contribution is 6.30. The van der Waals surface area contributed by atoms with Gasteiger partial charge in [0.1, 0.15) is 5.82 Å². The predicted octanol–water partition coefficient (Wildman–Crippen LogP) is 3.75. The van der Waals surface area contributed by atoms with Crippen LogP contribution in [0.2, 0.25) is 5.02 Å². The summed E-state index contributed by atoms with van der Waals surface area (Å²) < 4.78 is 7.81. The number of halogens is 1. The number of benzene rings is 1. The van der Waals surface area contributed by atoms with Gasteiger partial charge in [0.2, 0.25) is 5.91 Å². The molecule has 140 valence electrons. The Hall–Kier alpha value is -1.85. The van der Waals surface area contributed by atoms with Gasteiger partial charge < -0.3 is 14.2 Å². The van der Waals surface area contributed by atoms with E-state index in [1.807, 2.05) is 49.2 Å². The van der Waals surface area contributed by atoms with E-state index in [9.17, 15) is 4.79 Å². The number of nitrogens with zero attached hydrogens (tertiary/aromatic N) is 3. The average Bonchev–Trinajstić information content (AvgIpc) is 3.26. The van der Waals surface area contributed by atoms with Gasteiger partial charge in [0.25, 0.3) is 0 Å². The predicted molar refractivity (Wildman–Crippen MR) is 102 cm³/mol. The van der Waals surface area contributed by atoms with Crippen molar-refractivity contribution in [3.8, 4) is 0 Å². The minimum absolute atomic E-state index is 0.0484. The van der Waals surface area contributed by atoms with Crippen molar-refractivity contribution in [1.82, 2.24) is 14.5 Å². The van der Waals surface area contributed by atoms with E-state index in [1.165, 1.54) is 0 Å². The summed E-state index contributed by atoms with van der Waals surface area (Å²) in [4.78, 5) is 19.1. The quantitative estimate of drug-likeness (QED) is 0.740. The van der Waals surface area contributed by atoms with Crippen molar-refractivity contribution >= 4 is 17.5 Å². The van der Waals surface area contributed by atoms with Crippen LogP contribution in [-0.2, 0) is 22.6 Å². The summed E-state index contributed by atoms with van der Waals surface area (Å²) in [5, 5.41) is 0.721. The van der Waals surface area contributed by atoms with Gasteiger partial charge in [-0.2, -0.15) is 0 Å². The van der Waals surface area contributed by atoms with Crippen LogP contribution in [0.15, 0.2) is 36.7 Å². The first kappa shape index (κ1) is 18.9. The van der Waals surface area contributed by atoms with Gasteiger partial charge in [-0.1, -0.05) is 37.6 Å². The number of carbonyl (C=O) groups is 1. The Labute approximate surface area is 159 Å². The maximum atomic E-state index is 12.7. The zero-order valence-corrected chi connectivity index (χ0v) is 16.2. The molecule has 1 aromatic heterocycles. The van der Waals surface area contributed by atoms with Crippen LogP contribution in [0, 0.1) is 5.92 Å². The molecule has 0 radical (unpaired) electrons. The molecule has 6 heteroatoms. The lowest BCUT2D eigenvalue weighted by atomic mass is 10.1. The smallest absolute Gasteiger partial charge is 0.225 e. The number of hydrogen-bond acceptors (Lipinski definition) is 3. The Kier molecular flexibility index (Phi) is 6.33. The zero-order valence-electron chi connectivity index (χ0n) is 15.4. The molecule has 0 N–H and O–H groups in total. The molecule has 0 unspecified atom stereocenters. The van der Waals surface area contributed by atoms with Crippen molar-refractivity contribution in [2.24, 2.45) is 5.92 Å². The molecule has 1 aliphatic heterocycles. The van der Waals surface area contributed by atoms with E-state index in [-0.39, 0.29) is 17.9 Å². The highest BCUT2D eigenvalue weighted by Gasteiger charge is 2.25. The van der Waals surface area contributed by atoms with Gasteiger partial charge in [-0.25, -0.2) is 4.98 Å². The van der Waals surface area contributed by atoms with Crippen LogP contribution in [0.25, 0.3) is 0 Å². The summed E-state index contributed by atoms with van der Waals surface area (Å²) in [6, 6.07) is 7.80. The molecule has 0 bridgehead atoms. The largest absolute Gasteiger partial charge is 0.376 e. The second kappa shape index (κ2) is 8.69. The van der Waals surface area contributed by atoms with Crippen LogP contribution in [0.5, 0.6) is 0 Å². The molecule has 2 heterocycles. The van der Waals surface area contributed by atoms with E-state index in [1.54, 1.807) is 6.20 Å². The highest BCUT2D eigenvalue weighted by Crippen LogP contribution is 2.18. The second-order valence-corrected chi connectivity index (χ2v) is 7.55. The molecule has 0 spiro atoms. The van der Waals surface area contributed by atoms with Crippen molar-refractivity contribution in [1.29, 1.82) is 0 Å². The van der Waals surface area contributed by atoms with Gasteiger partial charge in [0, 0.05) is 43.0 Å². The van der Waals surface area contributed by atoms with Gasteiger partial charge in [0.15, 0.2) is 0 Å². The molecular weight excluding hydrogens is 350 g/mol. The minimum atomic E-state index is -0.0484. The third-order valence-electron chi connectivity index (χ3n) is 4.63. The van der Waals surface area contributed by atoms with Crippen LogP contribution >= 0.6 is 11.6 Å². The summed E-state index contributed by atoms with van der Waals surface area (Å²) in [5.41, 5.74) is 1.11. The van der Waals surface area contributed by atoms with Crippen LogP contribution in [-0.4, -0.2) is 39.6 Å². The third kappa shape index (κ3) is 4.86. The molecule has 1 fully saturated rings. The molecule has 0 saturated carbocycles. The van der Waals surface area contributed by atoms with Gasteiger partial charge in [-0.15, -0.1) is 0 Å². The van der Waals surface area contributed by atoms with Gasteiger partial charge >= 0.3 is 0 Å². The molecule has 26 heavy (non-hydrogen) atoms. The lowest BCUT2D eigenvalue weighted by Gasteiger charge is -2.27. The monoisotopic (exact) mass is 375 g/mol. The topological polar surface area (TPSA) is 47.4 Å². The van der Waals surface area contributed by atoms with E-state index >= 15 is 0 Å². The van der Waals surface area contributed by atoms with Crippen molar-refractivity contribution < 1.29 is 9.53 Å². The molecule has 1 amide bonds. The Morgan fingerprint density at radius 1 is 1.46 bits per heavy atom. The Balaban J connectivity index is 1.74. The SMILES string of the molecule is CC(C)C(=O)N(Cc1nccn1Cc1cccc(Cl)c1)C[C@H]1CCCO1. The van der Waals surface area contributed by atoms with E-state index in [4.69, 9.17) is 16.3 Å². The van der Waals surface area contributed by atoms with Crippen molar-refractivity contribution in [2.45, 2.75) is 45.9 Å². The summed E-state index contributed by atoms with van der Waals surface area (Å²) in [6.45, 7) is 6.45. The number of imidazole rings is 1. The summed E-state index contributed by atoms with van der Waals surface area (Å²) in [7, 11) is 0. The van der Waals surface area contributed by atoms with Gasteiger partial charge in [0.05, 0.1) is 12.6 Å². The number of ether oxygens (including phenoxy) is 1. The molecule has 0 aliphatic carbocycles. The number of aromatic nitrogens is 2. The fourth-order valence-electron chi connectivity index (χ4n) is 3.27. The molecular formula is C20H26ClN3O2. The standard InChI is InChI=1S/C20H26ClN3O2/c1-15(2)20(25)24(13-18-7-4-10-26-18)14-19-22-8-9-23(19)12-16-5-3-6-17(21)11-16/h3,5-6,8-9,11,15,18H,4,7,10,12-14H2,1-2H3/t18-/m1/s1. The number of carbonyl (C=O) groups excluding carboxylic acids is 1. The van der Waals surface area contributed by atoms with E-state index in [0.717, 1.165) is 35.9 Å². The van der Waals surface area contributed by atoms with Gasteiger partial charge in [-0.05, 0) is 30.5 Å². The van der Waals surface area contributed by atoms with Crippen LogP contribution in [0.3, 0.4) is 0 Å². The lowest BCUT2D eigenvalue weighted by Crippen LogP contribution is -2.39. The third-order valence-corrected chi connectivity index (χ3v) is 4.86. The first-order valence-corrected chi connectivity index (χ1v) is 9.55. The molecule has 3 rings (SSSR count). The molecule has 1 aliphatic rings. The number of amides is 1. The van der Waals surface area contributed by atoms with Gasteiger partial charge in [-0.3, -0.25) is 4.79 Å². The minimum Gasteiger partial charge on any atom is -0.376 e. The average molecular weight is 376 g/mol. The summed E-state index contributed by atoms with van der Waals surface area (Å²) >= 11 is 6.09. The number of rotatable bonds is 7. The van der Waals surface area contributed by atoms with Crippen LogP contribution in [0.1, 0.15) is 38.1 Å². The normalized spacial score (nSPS) is 17.0. The second-order valence-electron chi connectivity index (χ2n) is 7.11. The van der Waals surface area contributed by atoms with Crippen molar-refractivity contribution in [2.75, 3.05) is 13.2 Å². The fourth-order valence-corrected chi connectivity index (χ4v) is 3.48. The van der Waals surface area contributed by atoms with Crippen molar-refractivity contribution in [3.63, 3.8) is 0 Å². The van der Waals surface area contributed by atoms with Crippen LogP contribution in [0.4, 0.5) is 0 Å². The van der Waals surface area contributed by atoms with Crippen molar-refractivity contribution in [3.05, 3.63) is 53.1 Å². The Morgan fingerprint density at radius 2 is 2.31 bits per heavy atom. The first-order chi connectivity index (χ1) is 12.5. The Bertz CT molecular complexity index is 738. The van der Waals surface area contributed by atoms with E-state index in [2.05, 4.69) is 9.55 Å². The first-order valence-electron chi connectivity index (χ1n) is 9.18. The summed E-state index contributed by atoms with van der Waals surface area (Å²) in [6.07, 6.45) is 5.94. The number of hydrogen-bond donors (Lipinski definition) is 0. The maximum absolute atomic E-state index is 12.7. The lowest BCUT2D eigenvalue weighted by molar-refractivity contribution is -0.136. The molecule has 1 saturated heterocycles. The van der Waals surface area contributed by atoms with Crippen LogP contribution < -0.4 is 0 Å². The maximum Gasteiger partial charge on any atom is 0.225 e. The highest BCUT2D eigenvalue weighted by atomic mass is 35.5. The molecule has 5 nitrogen and oxygen atoms in total. The van der Waals surface area contributed by atoms with E-state index in [0.29, 0.717) is 19.6 Å². The molecule has 1 atom stereocenters. The van der Waals surface area contributed by atoms with E-state index < -0.39 is 0 Å². The molecule has 1 aromatic carbocycles. The Morgan fingerprint density at radius 3 is 3.00 bits per heavy atom.